The number of nitrogens with one attached hydrogen (secondary N) is 1. The molecule has 1 fully saturated rings. The van der Waals surface area contributed by atoms with Gasteiger partial charge in [-0.2, -0.15) is 0 Å². The van der Waals surface area contributed by atoms with Crippen molar-refractivity contribution in [3.8, 4) is 0 Å². The fraction of sp³-hybridized carbons (Fsp3) is 0.600. The summed E-state index contributed by atoms with van der Waals surface area (Å²) in [5.41, 5.74) is 1.23. The Morgan fingerprint density at radius 3 is 3.08 bits per heavy atom. The molecule has 2 atom stereocenters. The van der Waals surface area contributed by atoms with Crippen LogP contribution in [0.5, 0.6) is 0 Å². The van der Waals surface area contributed by atoms with Crippen molar-refractivity contribution in [2.75, 3.05) is 13.1 Å². The average Bonchev–Trinajstić information content (AvgIpc) is 2.72. The van der Waals surface area contributed by atoms with Gasteiger partial charge in [0.2, 0.25) is 0 Å². The first-order valence-corrected chi connectivity index (χ1v) is 4.83. The van der Waals surface area contributed by atoms with Gasteiger partial charge in [-0.25, -0.2) is 0 Å². The Morgan fingerprint density at radius 2 is 2.54 bits per heavy atom. The number of rotatable bonds is 2. The minimum Gasteiger partial charge on any atom is -0.392 e. The molecule has 13 heavy (non-hydrogen) atoms. The van der Waals surface area contributed by atoms with E-state index in [1.54, 1.807) is 0 Å². The van der Waals surface area contributed by atoms with Crippen molar-refractivity contribution >= 4 is 0 Å². The van der Waals surface area contributed by atoms with Crippen molar-refractivity contribution in [3.05, 3.63) is 24.0 Å². The van der Waals surface area contributed by atoms with Crippen LogP contribution in [0.3, 0.4) is 0 Å². The monoisotopic (exact) mass is 180 g/mol. The first kappa shape index (κ1) is 8.78. The van der Waals surface area contributed by atoms with Crippen LogP contribution in [0.25, 0.3) is 0 Å². The molecular weight excluding hydrogens is 164 g/mol. The normalized spacial score (nSPS) is 26.5. The number of aliphatic hydroxyl groups excluding tert-OH is 1. The average molecular weight is 180 g/mol. The molecular formula is C10H16N2O. The predicted molar refractivity (Wildman–Crippen MR) is 51.4 cm³/mol. The molecule has 1 aliphatic rings. The molecule has 0 radical (unpaired) electrons. The topological polar surface area (TPSA) is 39.3 Å². The van der Waals surface area contributed by atoms with Crippen LogP contribution in [0, 0.1) is 0 Å². The Morgan fingerprint density at radius 1 is 1.69 bits per heavy atom. The van der Waals surface area contributed by atoms with E-state index in [-0.39, 0.29) is 6.10 Å². The SMILES string of the molecule is C[C@H](c1ccc[nH]1)N1CC[C@@H](O)C1. The van der Waals surface area contributed by atoms with Gasteiger partial charge in [-0.05, 0) is 25.5 Å². The number of aromatic nitrogens is 1. The minimum absolute atomic E-state index is 0.127. The van der Waals surface area contributed by atoms with Gasteiger partial charge in [-0.1, -0.05) is 0 Å². The summed E-state index contributed by atoms with van der Waals surface area (Å²) in [7, 11) is 0. The maximum Gasteiger partial charge on any atom is 0.0679 e. The molecule has 0 aliphatic carbocycles. The number of hydrogen-bond acceptors (Lipinski definition) is 2. The highest BCUT2D eigenvalue weighted by atomic mass is 16.3. The lowest BCUT2D eigenvalue weighted by Crippen LogP contribution is -2.25. The van der Waals surface area contributed by atoms with Gasteiger partial charge in [-0.3, -0.25) is 4.90 Å². The highest BCUT2D eigenvalue weighted by Gasteiger charge is 2.25. The van der Waals surface area contributed by atoms with Crippen LogP contribution in [-0.2, 0) is 0 Å². The second-order valence-electron chi connectivity index (χ2n) is 3.74. The van der Waals surface area contributed by atoms with Crippen molar-refractivity contribution < 1.29 is 5.11 Å². The van der Waals surface area contributed by atoms with Gasteiger partial charge in [0.25, 0.3) is 0 Å². The van der Waals surface area contributed by atoms with Crippen LogP contribution < -0.4 is 0 Å². The van der Waals surface area contributed by atoms with E-state index in [9.17, 15) is 5.11 Å². The number of likely N-dealkylation sites (tertiary alicyclic amines) is 1. The highest BCUT2D eigenvalue weighted by Crippen LogP contribution is 2.22. The van der Waals surface area contributed by atoms with E-state index in [4.69, 9.17) is 0 Å². The van der Waals surface area contributed by atoms with E-state index < -0.39 is 0 Å². The van der Waals surface area contributed by atoms with Crippen molar-refractivity contribution in [3.63, 3.8) is 0 Å². The summed E-state index contributed by atoms with van der Waals surface area (Å²) in [6.07, 6.45) is 2.72. The van der Waals surface area contributed by atoms with Crippen LogP contribution >= 0.6 is 0 Å². The Balaban J connectivity index is 2.02. The molecule has 3 heteroatoms. The number of aromatic amines is 1. The van der Waals surface area contributed by atoms with Gasteiger partial charge in [0.1, 0.15) is 0 Å². The van der Waals surface area contributed by atoms with Crippen molar-refractivity contribution in [2.24, 2.45) is 0 Å². The summed E-state index contributed by atoms with van der Waals surface area (Å²) in [5.74, 6) is 0. The van der Waals surface area contributed by atoms with Crippen molar-refractivity contribution in [2.45, 2.75) is 25.5 Å². The zero-order valence-corrected chi connectivity index (χ0v) is 7.90. The third kappa shape index (κ3) is 1.76. The summed E-state index contributed by atoms with van der Waals surface area (Å²) in [4.78, 5) is 5.51. The van der Waals surface area contributed by atoms with E-state index >= 15 is 0 Å². The largest absolute Gasteiger partial charge is 0.392 e. The van der Waals surface area contributed by atoms with E-state index in [2.05, 4.69) is 22.9 Å². The maximum atomic E-state index is 9.39. The maximum absolute atomic E-state index is 9.39. The minimum atomic E-state index is -0.127. The number of β-amino-alcohol motifs (C(OH)–C–C–N with tert-alkyl or cyclic N) is 1. The molecule has 2 heterocycles. The molecule has 1 saturated heterocycles. The Bertz CT molecular complexity index is 258. The number of hydrogen-bond donors (Lipinski definition) is 2. The molecule has 1 aromatic rings. The van der Waals surface area contributed by atoms with Gasteiger partial charge in [0, 0.05) is 31.0 Å². The van der Waals surface area contributed by atoms with Gasteiger partial charge in [0.05, 0.1) is 6.10 Å². The van der Waals surface area contributed by atoms with Gasteiger partial charge < -0.3 is 10.1 Å². The molecule has 0 unspecified atom stereocenters. The van der Waals surface area contributed by atoms with Crippen LogP contribution in [0.4, 0.5) is 0 Å². The van der Waals surface area contributed by atoms with Crippen molar-refractivity contribution in [1.29, 1.82) is 0 Å². The van der Waals surface area contributed by atoms with Crippen LogP contribution in [0.15, 0.2) is 18.3 Å². The zero-order valence-electron chi connectivity index (χ0n) is 7.90. The standard InChI is InChI=1S/C10H16N2O/c1-8(10-3-2-5-11-10)12-6-4-9(13)7-12/h2-3,5,8-9,11,13H,4,6-7H2,1H3/t8-,9-/m1/s1. The van der Waals surface area contributed by atoms with Crippen LogP contribution in [-0.4, -0.2) is 34.2 Å². The number of aliphatic hydroxyl groups is 1. The third-order valence-electron chi connectivity index (χ3n) is 2.81. The number of H-pyrrole nitrogens is 1. The molecule has 3 nitrogen and oxygen atoms in total. The molecule has 1 aliphatic heterocycles. The summed E-state index contributed by atoms with van der Waals surface area (Å²) in [6.45, 7) is 3.98. The van der Waals surface area contributed by atoms with Gasteiger partial charge >= 0.3 is 0 Å². The second kappa shape index (κ2) is 3.52. The quantitative estimate of drug-likeness (QED) is 0.716. The van der Waals surface area contributed by atoms with E-state index in [1.807, 2.05) is 12.3 Å². The zero-order chi connectivity index (χ0) is 9.26. The Kier molecular flexibility index (Phi) is 2.38. The lowest BCUT2D eigenvalue weighted by Gasteiger charge is -2.22. The lowest BCUT2D eigenvalue weighted by molar-refractivity contribution is 0.162. The first-order chi connectivity index (χ1) is 6.27. The van der Waals surface area contributed by atoms with E-state index in [1.165, 1.54) is 5.69 Å². The first-order valence-electron chi connectivity index (χ1n) is 4.83. The molecule has 2 rings (SSSR count). The smallest absolute Gasteiger partial charge is 0.0679 e. The molecule has 0 aromatic carbocycles. The summed E-state index contributed by atoms with van der Waals surface area (Å²) >= 11 is 0. The lowest BCUT2D eigenvalue weighted by atomic mass is 10.2. The van der Waals surface area contributed by atoms with Gasteiger partial charge in [-0.15, -0.1) is 0 Å². The molecule has 1 aromatic heterocycles. The Hall–Kier alpha value is -0.800. The molecule has 0 saturated carbocycles. The summed E-state index contributed by atoms with van der Waals surface area (Å²) < 4.78 is 0. The van der Waals surface area contributed by atoms with Gasteiger partial charge in [0.15, 0.2) is 0 Å². The molecule has 0 bridgehead atoms. The highest BCUT2D eigenvalue weighted by molar-refractivity contribution is 5.08. The van der Waals surface area contributed by atoms with Crippen molar-refractivity contribution in [1.82, 2.24) is 9.88 Å². The number of nitrogens with zero attached hydrogens (tertiary/aromatic N) is 1. The molecule has 72 valence electrons. The van der Waals surface area contributed by atoms with Crippen LogP contribution in [0.1, 0.15) is 25.1 Å². The predicted octanol–water partition coefficient (Wildman–Crippen LogP) is 1.14. The van der Waals surface area contributed by atoms with Crippen LogP contribution in [0.2, 0.25) is 0 Å². The Labute approximate surface area is 78.4 Å². The van der Waals surface area contributed by atoms with E-state index in [0.717, 1.165) is 19.5 Å². The second-order valence-corrected chi connectivity index (χ2v) is 3.74. The fourth-order valence-corrected chi connectivity index (χ4v) is 1.92. The fourth-order valence-electron chi connectivity index (χ4n) is 1.92. The summed E-state index contributed by atoms with van der Waals surface area (Å²) in [6, 6.07) is 4.50. The van der Waals surface area contributed by atoms with E-state index in [0.29, 0.717) is 6.04 Å². The molecule has 0 amide bonds. The molecule has 0 spiro atoms. The third-order valence-corrected chi connectivity index (χ3v) is 2.81. The molecule has 2 N–H and O–H groups in total. The summed E-state index contributed by atoms with van der Waals surface area (Å²) in [5, 5.41) is 9.39.